The number of sulfonamides is 1. The molecule has 0 aromatic heterocycles. The number of nitrogens with zero attached hydrogens (tertiary/aromatic N) is 1. The number of halogens is 1. The van der Waals surface area contributed by atoms with Crippen molar-refractivity contribution in [1.29, 1.82) is 0 Å². The maximum atomic E-state index is 13.5. The minimum Gasteiger partial charge on any atom is -0.347 e. The van der Waals surface area contributed by atoms with Crippen molar-refractivity contribution in [3.8, 4) is 0 Å². The lowest BCUT2D eigenvalue weighted by molar-refractivity contribution is -0.397. The van der Waals surface area contributed by atoms with Crippen molar-refractivity contribution in [2.45, 2.75) is 68.5 Å². The Morgan fingerprint density at radius 2 is 1.78 bits per heavy atom. The van der Waals surface area contributed by atoms with Crippen LogP contribution in [0.2, 0.25) is 5.02 Å². The Bertz CT molecular complexity index is 774. The first-order chi connectivity index (χ1) is 12.8. The molecular weight excluding hydrogens is 394 g/mol. The summed E-state index contributed by atoms with van der Waals surface area (Å²) in [6.07, 6.45) is 0.489. The summed E-state index contributed by atoms with van der Waals surface area (Å²) in [7, 11) is -3.77. The largest absolute Gasteiger partial charge is 0.347 e. The zero-order chi connectivity index (χ0) is 19.2. The van der Waals surface area contributed by atoms with Crippen LogP contribution in [-0.4, -0.2) is 56.4 Å². The van der Waals surface area contributed by atoms with Crippen molar-refractivity contribution in [2.75, 3.05) is 13.2 Å². The molecule has 0 bridgehead atoms. The monoisotopic (exact) mass is 417 g/mol. The molecule has 2 unspecified atom stereocenters. The molecule has 3 saturated heterocycles. The summed E-state index contributed by atoms with van der Waals surface area (Å²) in [5.41, 5.74) is 0. The highest BCUT2D eigenvalue weighted by molar-refractivity contribution is 7.89. The van der Waals surface area contributed by atoms with Gasteiger partial charge in [-0.05, 0) is 37.6 Å². The Morgan fingerprint density at radius 3 is 2.33 bits per heavy atom. The van der Waals surface area contributed by atoms with Crippen LogP contribution in [0.1, 0.15) is 33.1 Å². The molecule has 150 valence electrons. The second-order valence-corrected chi connectivity index (χ2v) is 9.42. The van der Waals surface area contributed by atoms with E-state index < -0.39 is 28.1 Å². The molecular formula is C18H24ClNO6S. The molecule has 1 spiro atoms. The molecule has 1 aromatic rings. The smallest absolute Gasteiger partial charge is 0.243 e. The summed E-state index contributed by atoms with van der Waals surface area (Å²) in [6.45, 7) is 4.77. The minimum atomic E-state index is -3.77. The average Bonchev–Trinajstić information content (AvgIpc) is 3.06. The summed E-state index contributed by atoms with van der Waals surface area (Å²) < 4.78 is 51.7. The third-order valence-electron chi connectivity index (χ3n) is 5.39. The highest BCUT2D eigenvalue weighted by Gasteiger charge is 2.56. The lowest BCUT2D eigenvalue weighted by Gasteiger charge is -2.51. The fourth-order valence-corrected chi connectivity index (χ4v) is 6.15. The van der Waals surface area contributed by atoms with Gasteiger partial charge in [0.15, 0.2) is 18.4 Å². The first-order valence-electron chi connectivity index (χ1n) is 9.22. The SMILES string of the molecule is CCC1CC2(CC(C3OC(C)O3)N1S(=O)(=O)c1ccc(Cl)cc1)OCCO2. The van der Waals surface area contributed by atoms with E-state index in [1.54, 1.807) is 19.1 Å². The molecule has 0 radical (unpaired) electrons. The van der Waals surface area contributed by atoms with E-state index in [9.17, 15) is 8.42 Å². The summed E-state index contributed by atoms with van der Waals surface area (Å²) in [5, 5.41) is 0.488. The van der Waals surface area contributed by atoms with E-state index >= 15 is 0 Å². The van der Waals surface area contributed by atoms with Gasteiger partial charge in [0.2, 0.25) is 10.0 Å². The van der Waals surface area contributed by atoms with Gasteiger partial charge in [-0.15, -0.1) is 0 Å². The van der Waals surface area contributed by atoms with E-state index in [0.717, 1.165) is 0 Å². The molecule has 0 aliphatic carbocycles. The van der Waals surface area contributed by atoms with Crippen molar-refractivity contribution in [3.05, 3.63) is 29.3 Å². The summed E-state index contributed by atoms with van der Waals surface area (Å²) >= 11 is 5.93. The molecule has 1 aromatic carbocycles. The zero-order valence-corrected chi connectivity index (χ0v) is 16.9. The van der Waals surface area contributed by atoms with E-state index in [1.807, 2.05) is 6.92 Å². The average molecular weight is 418 g/mol. The van der Waals surface area contributed by atoms with E-state index in [-0.39, 0.29) is 17.2 Å². The van der Waals surface area contributed by atoms with E-state index in [4.69, 9.17) is 30.5 Å². The van der Waals surface area contributed by atoms with Gasteiger partial charge in [-0.2, -0.15) is 4.31 Å². The van der Waals surface area contributed by atoms with Crippen LogP contribution in [0.5, 0.6) is 0 Å². The number of hydrogen-bond acceptors (Lipinski definition) is 6. The van der Waals surface area contributed by atoms with Crippen LogP contribution in [0.15, 0.2) is 29.2 Å². The van der Waals surface area contributed by atoms with Gasteiger partial charge in [0.05, 0.1) is 24.2 Å². The highest BCUT2D eigenvalue weighted by Crippen LogP contribution is 2.44. The third kappa shape index (κ3) is 3.53. The molecule has 3 fully saturated rings. The van der Waals surface area contributed by atoms with Gasteiger partial charge in [-0.3, -0.25) is 0 Å². The first kappa shape index (κ1) is 19.6. The van der Waals surface area contributed by atoms with E-state index in [2.05, 4.69) is 0 Å². The van der Waals surface area contributed by atoms with Crippen LogP contribution in [0, 0.1) is 0 Å². The molecule has 7 nitrogen and oxygen atoms in total. The zero-order valence-electron chi connectivity index (χ0n) is 15.3. The van der Waals surface area contributed by atoms with Crippen LogP contribution >= 0.6 is 11.6 Å². The topological polar surface area (TPSA) is 74.3 Å². The number of hydrogen-bond donors (Lipinski definition) is 0. The van der Waals surface area contributed by atoms with Gasteiger partial charge in [-0.1, -0.05) is 18.5 Å². The first-order valence-corrected chi connectivity index (χ1v) is 11.0. The van der Waals surface area contributed by atoms with Crippen molar-refractivity contribution < 1.29 is 27.4 Å². The van der Waals surface area contributed by atoms with Crippen LogP contribution in [0.25, 0.3) is 0 Å². The molecule has 3 heterocycles. The lowest BCUT2D eigenvalue weighted by Crippen LogP contribution is -2.65. The molecule has 0 amide bonds. The molecule has 0 saturated carbocycles. The molecule has 9 heteroatoms. The van der Waals surface area contributed by atoms with Gasteiger partial charge in [0.1, 0.15) is 0 Å². The standard InChI is InChI=1S/C18H24ClNO6S/c1-3-14-10-18(23-8-9-24-18)11-16(17-25-12(2)26-17)20(14)27(21,22)15-6-4-13(19)5-7-15/h4-7,12,14,16-17H,3,8-11H2,1-2H3. The second-order valence-electron chi connectivity index (χ2n) is 7.14. The number of ether oxygens (including phenoxy) is 4. The fraction of sp³-hybridized carbons (Fsp3) is 0.667. The van der Waals surface area contributed by atoms with Gasteiger partial charge >= 0.3 is 0 Å². The van der Waals surface area contributed by atoms with Gasteiger partial charge in [0, 0.05) is 23.9 Å². The van der Waals surface area contributed by atoms with Crippen LogP contribution in [0.4, 0.5) is 0 Å². The normalized spacial score (nSPS) is 33.9. The van der Waals surface area contributed by atoms with Crippen LogP contribution in [0.3, 0.4) is 0 Å². The van der Waals surface area contributed by atoms with Gasteiger partial charge in [0.25, 0.3) is 0 Å². The Hall–Kier alpha value is -0.740. The number of rotatable bonds is 4. The van der Waals surface area contributed by atoms with Crippen molar-refractivity contribution in [1.82, 2.24) is 4.31 Å². The molecule has 27 heavy (non-hydrogen) atoms. The quantitative estimate of drug-likeness (QED) is 0.749. The summed E-state index contributed by atoms with van der Waals surface area (Å²) in [5.74, 6) is -0.775. The van der Waals surface area contributed by atoms with E-state index in [1.165, 1.54) is 16.4 Å². The van der Waals surface area contributed by atoms with Gasteiger partial charge in [-0.25, -0.2) is 8.42 Å². The van der Waals surface area contributed by atoms with Crippen molar-refractivity contribution in [3.63, 3.8) is 0 Å². The van der Waals surface area contributed by atoms with Crippen molar-refractivity contribution >= 4 is 21.6 Å². The number of benzene rings is 1. The number of piperidine rings is 1. The highest BCUT2D eigenvalue weighted by atomic mass is 35.5. The predicted molar refractivity (Wildman–Crippen MR) is 97.6 cm³/mol. The molecule has 2 atom stereocenters. The Balaban J connectivity index is 1.71. The van der Waals surface area contributed by atoms with Crippen LogP contribution in [-0.2, 0) is 29.0 Å². The Morgan fingerprint density at radius 1 is 1.15 bits per heavy atom. The van der Waals surface area contributed by atoms with Gasteiger partial charge < -0.3 is 18.9 Å². The van der Waals surface area contributed by atoms with Crippen molar-refractivity contribution in [2.24, 2.45) is 0 Å². The molecule has 4 rings (SSSR count). The summed E-state index contributed by atoms with van der Waals surface area (Å²) in [4.78, 5) is 0.201. The molecule has 3 aliphatic rings. The maximum Gasteiger partial charge on any atom is 0.243 e. The fourth-order valence-electron chi connectivity index (χ4n) is 4.16. The predicted octanol–water partition coefficient (Wildman–Crippen LogP) is 2.73. The summed E-state index contributed by atoms with van der Waals surface area (Å²) in [6, 6.07) is 5.40. The molecule has 3 aliphatic heterocycles. The Labute approximate surface area is 164 Å². The third-order valence-corrected chi connectivity index (χ3v) is 7.64. The minimum absolute atomic E-state index is 0.201. The Kier molecular flexibility index (Phi) is 5.26. The van der Waals surface area contributed by atoms with Crippen LogP contribution < -0.4 is 0 Å². The van der Waals surface area contributed by atoms with E-state index in [0.29, 0.717) is 37.5 Å². The molecule has 0 N–H and O–H groups in total. The lowest BCUT2D eigenvalue weighted by atomic mass is 9.90. The second kappa shape index (κ2) is 7.26. The maximum absolute atomic E-state index is 13.5.